The molecule has 4 aromatic rings. The van der Waals surface area contributed by atoms with Crippen molar-refractivity contribution >= 4 is 35.2 Å². The van der Waals surface area contributed by atoms with E-state index >= 15 is 0 Å². The second-order valence-corrected chi connectivity index (χ2v) is 10.7. The number of esters is 1. The summed E-state index contributed by atoms with van der Waals surface area (Å²) >= 11 is 1.58. The molecule has 0 bridgehead atoms. The number of para-hydroxylation sites is 1. The average Bonchev–Trinajstić information content (AvgIpc) is 3.02. The number of anilines is 1. The molecule has 0 radical (unpaired) electrons. The van der Waals surface area contributed by atoms with Gasteiger partial charge in [-0.1, -0.05) is 48.5 Å². The number of benzene rings is 4. The third-order valence-electron chi connectivity index (χ3n) is 6.91. The van der Waals surface area contributed by atoms with Crippen LogP contribution in [0.2, 0.25) is 0 Å². The first kappa shape index (κ1) is 30.5. The largest absolute Gasteiger partial charge is 0.467 e. The first-order valence-electron chi connectivity index (χ1n) is 13.5. The molecular formula is C34H33FN2O4S. The molecule has 4 rings (SSSR count). The normalized spacial score (nSPS) is 11.4. The standard InChI is InChI=1S/C34H33FN2O4S/c1-23-9-7-8-12-28(23)30-21-24(13-18-29(30)32(38)36-31(19-20-42-3)34(40)41-2)22-37(27-10-5-4-6-11-27)33(39)25-14-16-26(35)17-15-25/h4-18,21,31H,19-20,22H2,1-3H3,(H,36,38). The van der Waals surface area contributed by atoms with Gasteiger partial charge in [0.25, 0.3) is 11.8 Å². The van der Waals surface area contributed by atoms with E-state index in [2.05, 4.69) is 5.32 Å². The quantitative estimate of drug-likeness (QED) is 0.199. The Bertz CT molecular complexity index is 1540. The molecular weight excluding hydrogens is 551 g/mol. The van der Waals surface area contributed by atoms with Gasteiger partial charge >= 0.3 is 5.97 Å². The average molecular weight is 585 g/mol. The van der Waals surface area contributed by atoms with Crippen molar-refractivity contribution in [2.45, 2.75) is 25.9 Å². The van der Waals surface area contributed by atoms with Crippen LogP contribution >= 0.6 is 11.8 Å². The second-order valence-electron chi connectivity index (χ2n) is 9.76. The van der Waals surface area contributed by atoms with E-state index in [4.69, 9.17) is 4.74 Å². The fourth-order valence-corrected chi connectivity index (χ4v) is 5.14. The van der Waals surface area contributed by atoms with Gasteiger partial charge in [-0.2, -0.15) is 11.8 Å². The Hall–Kier alpha value is -4.43. The Morgan fingerprint density at radius 1 is 0.905 bits per heavy atom. The lowest BCUT2D eigenvalue weighted by atomic mass is 9.93. The highest BCUT2D eigenvalue weighted by Crippen LogP contribution is 2.30. The van der Waals surface area contributed by atoms with Gasteiger partial charge in [0.15, 0.2) is 0 Å². The molecule has 1 unspecified atom stereocenters. The topological polar surface area (TPSA) is 75.7 Å². The molecule has 0 saturated carbocycles. The first-order chi connectivity index (χ1) is 20.3. The zero-order chi connectivity index (χ0) is 30.1. The highest BCUT2D eigenvalue weighted by atomic mass is 32.2. The molecule has 42 heavy (non-hydrogen) atoms. The van der Waals surface area contributed by atoms with Crippen molar-refractivity contribution in [1.82, 2.24) is 5.32 Å². The maximum absolute atomic E-state index is 13.6. The van der Waals surface area contributed by atoms with Crippen LogP contribution in [0.5, 0.6) is 0 Å². The van der Waals surface area contributed by atoms with Gasteiger partial charge in [0.1, 0.15) is 11.9 Å². The van der Waals surface area contributed by atoms with E-state index in [-0.39, 0.29) is 12.5 Å². The van der Waals surface area contributed by atoms with Crippen molar-refractivity contribution in [3.8, 4) is 11.1 Å². The van der Waals surface area contributed by atoms with E-state index < -0.39 is 23.7 Å². The number of ether oxygens (including phenoxy) is 1. The fraction of sp³-hybridized carbons (Fsp3) is 0.206. The summed E-state index contributed by atoms with van der Waals surface area (Å²) in [7, 11) is 1.31. The first-order valence-corrected chi connectivity index (χ1v) is 14.9. The van der Waals surface area contributed by atoms with E-state index in [1.165, 1.54) is 31.4 Å². The molecule has 8 heteroatoms. The van der Waals surface area contributed by atoms with Gasteiger partial charge in [0.2, 0.25) is 0 Å². The lowest BCUT2D eigenvalue weighted by Crippen LogP contribution is -2.42. The minimum absolute atomic E-state index is 0.208. The fourth-order valence-electron chi connectivity index (χ4n) is 4.67. The molecule has 6 nitrogen and oxygen atoms in total. The number of hydrogen-bond acceptors (Lipinski definition) is 5. The van der Waals surface area contributed by atoms with Gasteiger partial charge in [0.05, 0.1) is 13.7 Å². The SMILES string of the molecule is COC(=O)C(CCSC)NC(=O)c1ccc(CN(C(=O)c2ccc(F)cc2)c2ccccc2)cc1-c1ccccc1C. The molecule has 0 aromatic heterocycles. The molecule has 0 fully saturated rings. The predicted molar refractivity (Wildman–Crippen MR) is 166 cm³/mol. The molecule has 0 aliphatic rings. The molecule has 0 aliphatic carbocycles. The van der Waals surface area contributed by atoms with Crippen molar-refractivity contribution < 1.29 is 23.5 Å². The zero-order valence-corrected chi connectivity index (χ0v) is 24.6. The molecule has 1 atom stereocenters. The number of hydrogen-bond donors (Lipinski definition) is 1. The number of thioether (sulfide) groups is 1. The third-order valence-corrected chi connectivity index (χ3v) is 7.55. The summed E-state index contributed by atoms with van der Waals surface area (Å²) in [6.45, 7) is 2.17. The summed E-state index contributed by atoms with van der Waals surface area (Å²) < 4.78 is 18.5. The lowest BCUT2D eigenvalue weighted by molar-refractivity contribution is -0.142. The molecule has 0 saturated heterocycles. The Balaban J connectivity index is 1.74. The molecule has 0 spiro atoms. The van der Waals surface area contributed by atoms with Crippen molar-refractivity contribution in [3.63, 3.8) is 0 Å². The van der Waals surface area contributed by atoms with Crippen LogP contribution in [-0.2, 0) is 16.1 Å². The number of carbonyl (C=O) groups is 3. The van der Waals surface area contributed by atoms with Gasteiger partial charge < -0.3 is 15.0 Å². The predicted octanol–water partition coefficient (Wildman–Crippen LogP) is 6.67. The second kappa shape index (κ2) is 14.5. The number of rotatable bonds is 11. The van der Waals surface area contributed by atoms with Gasteiger partial charge in [-0.15, -0.1) is 0 Å². The van der Waals surface area contributed by atoms with Crippen LogP contribution in [0.15, 0.2) is 97.1 Å². The van der Waals surface area contributed by atoms with Crippen molar-refractivity contribution in [2.24, 2.45) is 0 Å². The van der Waals surface area contributed by atoms with E-state index in [1.807, 2.05) is 73.8 Å². The summed E-state index contributed by atoms with van der Waals surface area (Å²) in [5.74, 6) is -0.906. The molecule has 1 N–H and O–H groups in total. The summed E-state index contributed by atoms with van der Waals surface area (Å²) in [6.07, 6.45) is 2.37. The molecule has 0 aliphatic heterocycles. The van der Waals surface area contributed by atoms with Crippen LogP contribution in [0.25, 0.3) is 11.1 Å². The molecule has 216 valence electrons. The Morgan fingerprint density at radius 2 is 1.60 bits per heavy atom. The number of nitrogens with zero attached hydrogens (tertiary/aromatic N) is 1. The minimum Gasteiger partial charge on any atom is -0.467 e. The maximum Gasteiger partial charge on any atom is 0.328 e. The number of aryl methyl sites for hydroxylation is 1. The van der Waals surface area contributed by atoms with E-state index in [1.54, 1.807) is 28.8 Å². The summed E-state index contributed by atoms with van der Waals surface area (Å²) in [4.78, 5) is 41.3. The van der Waals surface area contributed by atoms with Crippen molar-refractivity contribution in [2.75, 3.05) is 24.0 Å². The van der Waals surface area contributed by atoms with Crippen LogP contribution < -0.4 is 10.2 Å². The number of amides is 2. The number of nitrogens with one attached hydrogen (secondary N) is 1. The monoisotopic (exact) mass is 584 g/mol. The number of halogens is 1. The van der Waals surface area contributed by atoms with Crippen LogP contribution in [0, 0.1) is 12.7 Å². The van der Waals surface area contributed by atoms with Crippen LogP contribution in [0.1, 0.15) is 38.3 Å². The minimum atomic E-state index is -0.777. The summed E-state index contributed by atoms with van der Waals surface area (Å²) in [5.41, 5.74) is 4.74. The van der Waals surface area contributed by atoms with Gasteiger partial charge in [-0.3, -0.25) is 9.59 Å². The van der Waals surface area contributed by atoms with Crippen LogP contribution in [0.3, 0.4) is 0 Å². The lowest BCUT2D eigenvalue weighted by Gasteiger charge is -2.24. The van der Waals surface area contributed by atoms with E-state index in [9.17, 15) is 18.8 Å². The third kappa shape index (κ3) is 7.44. The van der Waals surface area contributed by atoms with Crippen LogP contribution in [0.4, 0.5) is 10.1 Å². The van der Waals surface area contributed by atoms with Gasteiger partial charge in [-0.05, 0) is 96.1 Å². The molecule has 0 heterocycles. The van der Waals surface area contributed by atoms with E-state index in [0.717, 1.165) is 16.7 Å². The molecule has 4 aromatic carbocycles. The number of carbonyl (C=O) groups excluding carboxylic acids is 3. The van der Waals surface area contributed by atoms with E-state index in [0.29, 0.717) is 34.6 Å². The number of methoxy groups -OCH3 is 1. The van der Waals surface area contributed by atoms with Gasteiger partial charge in [-0.25, -0.2) is 9.18 Å². The Morgan fingerprint density at radius 3 is 2.26 bits per heavy atom. The summed E-state index contributed by atoms with van der Waals surface area (Å²) in [5, 5.41) is 2.86. The highest BCUT2D eigenvalue weighted by Gasteiger charge is 2.25. The summed E-state index contributed by atoms with van der Waals surface area (Å²) in [6, 6.07) is 27.1. The zero-order valence-electron chi connectivity index (χ0n) is 23.8. The Labute approximate surface area is 249 Å². The smallest absolute Gasteiger partial charge is 0.328 e. The van der Waals surface area contributed by atoms with Crippen LogP contribution in [-0.4, -0.2) is 42.9 Å². The van der Waals surface area contributed by atoms with Crippen molar-refractivity contribution in [3.05, 3.63) is 125 Å². The molecule has 2 amide bonds. The van der Waals surface area contributed by atoms with Gasteiger partial charge in [0, 0.05) is 16.8 Å². The highest BCUT2D eigenvalue weighted by molar-refractivity contribution is 7.98. The maximum atomic E-state index is 13.6. The Kier molecular flexibility index (Phi) is 10.5. The van der Waals surface area contributed by atoms with Crippen molar-refractivity contribution in [1.29, 1.82) is 0 Å².